The third-order valence-corrected chi connectivity index (χ3v) is 5.93. The highest BCUT2D eigenvalue weighted by atomic mass is 32.1. The first-order chi connectivity index (χ1) is 12.7. The molecule has 0 unspecified atom stereocenters. The van der Waals surface area contributed by atoms with Gasteiger partial charge in [0, 0.05) is 11.4 Å². The Morgan fingerprint density at radius 1 is 1.27 bits per heavy atom. The van der Waals surface area contributed by atoms with E-state index in [4.69, 9.17) is 9.72 Å². The molecule has 6 heteroatoms. The molecule has 3 aromatic rings. The fourth-order valence-corrected chi connectivity index (χ4v) is 4.78. The van der Waals surface area contributed by atoms with E-state index in [2.05, 4.69) is 9.88 Å². The monoisotopic (exact) mass is 369 g/mol. The van der Waals surface area contributed by atoms with Crippen molar-refractivity contribution in [1.82, 2.24) is 14.9 Å². The number of hydrogen-bond donors (Lipinski definition) is 1. The van der Waals surface area contributed by atoms with Gasteiger partial charge >= 0.3 is 0 Å². The zero-order chi connectivity index (χ0) is 17.9. The standard InChI is InChI=1S/C20H23N3O2S/c1-23(11-6-12-25-14-7-3-2-4-8-14)13-17-21-19(24)18-15-9-5-10-16(15)26-20(18)22-17/h2-4,7-8H,5-6,9-13H2,1H3,(H,21,22,24). The molecule has 0 amide bonds. The lowest BCUT2D eigenvalue weighted by Crippen LogP contribution is -2.24. The van der Waals surface area contributed by atoms with Gasteiger partial charge in [-0.3, -0.25) is 9.69 Å². The summed E-state index contributed by atoms with van der Waals surface area (Å²) >= 11 is 1.69. The van der Waals surface area contributed by atoms with Crippen molar-refractivity contribution in [1.29, 1.82) is 0 Å². The molecule has 0 bridgehead atoms. The minimum atomic E-state index is 0.0187. The summed E-state index contributed by atoms with van der Waals surface area (Å²) in [7, 11) is 2.04. The van der Waals surface area contributed by atoms with Gasteiger partial charge in [-0.15, -0.1) is 11.3 Å². The quantitative estimate of drug-likeness (QED) is 0.649. The molecule has 26 heavy (non-hydrogen) atoms. The number of aromatic nitrogens is 2. The van der Waals surface area contributed by atoms with Crippen molar-refractivity contribution < 1.29 is 4.74 Å². The lowest BCUT2D eigenvalue weighted by Gasteiger charge is -2.16. The van der Waals surface area contributed by atoms with E-state index in [-0.39, 0.29) is 5.56 Å². The summed E-state index contributed by atoms with van der Waals surface area (Å²) in [5, 5.41) is 0.824. The molecule has 1 aliphatic carbocycles. The van der Waals surface area contributed by atoms with Crippen LogP contribution in [-0.2, 0) is 19.4 Å². The molecule has 0 aliphatic heterocycles. The number of nitrogens with zero attached hydrogens (tertiary/aromatic N) is 2. The highest BCUT2D eigenvalue weighted by molar-refractivity contribution is 7.18. The molecule has 1 aromatic carbocycles. The first kappa shape index (κ1) is 17.2. The Labute approximate surface area is 156 Å². The van der Waals surface area contributed by atoms with Crippen LogP contribution in [0.25, 0.3) is 10.2 Å². The van der Waals surface area contributed by atoms with Crippen molar-refractivity contribution in [2.45, 2.75) is 32.2 Å². The summed E-state index contributed by atoms with van der Waals surface area (Å²) < 4.78 is 5.72. The molecular formula is C20H23N3O2S. The van der Waals surface area contributed by atoms with Gasteiger partial charge in [0.1, 0.15) is 16.4 Å². The van der Waals surface area contributed by atoms with Crippen LogP contribution in [0.5, 0.6) is 5.75 Å². The van der Waals surface area contributed by atoms with Gasteiger partial charge in [0.2, 0.25) is 0 Å². The summed E-state index contributed by atoms with van der Waals surface area (Å²) in [4.78, 5) is 24.6. The lowest BCUT2D eigenvalue weighted by atomic mass is 10.2. The summed E-state index contributed by atoms with van der Waals surface area (Å²) in [5.74, 6) is 1.64. The molecule has 0 radical (unpaired) electrons. The van der Waals surface area contributed by atoms with Gasteiger partial charge in [0.15, 0.2) is 0 Å². The number of rotatable bonds is 7. The van der Waals surface area contributed by atoms with Crippen molar-refractivity contribution in [3.63, 3.8) is 0 Å². The molecule has 0 saturated heterocycles. The summed E-state index contributed by atoms with van der Waals surface area (Å²) in [5.41, 5.74) is 1.25. The van der Waals surface area contributed by atoms with E-state index in [1.54, 1.807) is 11.3 Å². The Morgan fingerprint density at radius 2 is 2.12 bits per heavy atom. The molecule has 0 atom stereocenters. The molecular weight excluding hydrogens is 346 g/mol. The van der Waals surface area contributed by atoms with Gasteiger partial charge in [-0.1, -0.05) is 18.2 Å². The molecule has 2 heterocycles. The third kappa shape index (κ3) is 3.66. The van der Waals surface area contributed by atoms with E-state index in [0.29, 0.717) is 13.2 Å². The maximum Gasteiger partial charge on any atom is 0.259 e. The average molecular weight is 369 g/mol. The first-order valence-corrected chi connectivity index (χ1v) is 9.92. The average Bonchev–Trinajstić information content (AvgIpc) is 3.20. The Bertz CT molecular complexity index is 949. The molecule has 1 aliphatic rings. The number of aromatic amines is 1. The molecule has 4 rings (SSSR count). The smallest absolute Gasteiger partial charge is 0.259 e. The SMILES string of the molecule is CN(CCCOc1ccccc1)Cc1nc2sc3c(c2c(=O)[nH]1)CCC3. The van der Waals surface area contributed by atoms with Gasteiger partial charge in [-0.25, -0.2) is 4.98 Å². The van der Waals surface area contributed by atoms with Crippen LogP contribution in [0, 0.1) is 0 Å². The van der Waals surface area contributed by atoms with E-state index in [1.165, 1.54) is 10.4 Å². The summed E-state index contributed by atoms with van der Waals surface area (Å²) in [6.07, 6.45) is 4.18. The maximum absolute atomic E-state index is 12.5. The zero-order valence-electron chi connectivity index (χ0n) is 15.0. The van der Waals surface area contributed by atoms with Crippen LogP contribution in [0.1, 0.15) is 29.1 Å². The number of aryl methyl sites for hydroxylation is 2. The van der Waals surface area contributed by atoms with Gasteiger partial charge in [0.25, 0.3) is 5.56 Å². The summed E-state index contributed by atoms with van der Waals surface area (Å²) in [6, 6.07) is 9.85. The van der Waals surface area contributed by atoms with E-state index in [0.717, 1.165) is 54.0 Å². The number of fused-ring (bicyclic) bond motifs is 3. The minimum absolute atomic E-state index is 0.0187. The summed E-state index contributed by atoms with van der Waals surface area (Å²) in [6.45, 7) is 2.20. The van der Waals surface area contributed by atoms with E-state index >= 15 is 0 Å². The number of nitrogens with one attached hydrogen (secondary N) is 1. The van der Waals surface area contributed by atoms with Crippen molar-refractivity contribution in [3.8, 4) is 5.75 Å². The van der Waals surface area contributed by atoms with Gasteiger partial charge < -0.3 is 9.72 Å². The molecule has 136 valence electrons. The second kappa shape index (κ2) is 7.60. The van der Waals surface area contributed by atoms with Crippen LogP contribution in [0.4, 0.5) is 0 Å². The Kier molecular flexibility index (Phi) is 5.04. The number of para-hydroxylation sites is 1. The van der Waals surface area contributed by atoms with Crippen LogP contribution >= 0.6 is 11.3 Å². The fourth-order valence-electron chi connectivity index (χ4n) is 3.50. The van der Waals surface area contributed by atoms with Crippen LogP contribution in [0.15, 0.2) is 35.1 Å². The van der Waals surface area contributed by atoms with Crippen molar-refractivity contribution in [2.75, 3.05) is 20.2 Å². The van der Waals surface area contributed by atoms with Gasteiger partial charge in [-0.2, -0.15) is 0 Å². The Morgan fingerprint density at radius 3 is 2.96 bits per heavy atom. The minimum Gasteiger partial charge on any atom is -0.494 e. The highest BCUT2D eigenvalue weighted by Crippen LogP contribution is 2.34. The second-order valence-electron chi connectivity index (χ2n) is 6.80. The van der Waals surface area contributed by atoms with Crippen LogP contribution in [0.2, 0.25) is 0 Å². The first-order valence-electron chi connectivity index (χ1n) is 9.10. The number of H-pyrrole nitrogens is 1. The largest absolute Gasteiger partial charge is 0.494 e. The van der Waals surface area contributed by atoms with Crippen molar-refractivity contribution >= 4 is 21.6 Å². The molecule has 5 nitrogen and oxygen atoms in total. The van der Waals surface area contributed by atoms with E-state index in [1.807, 2.05) is 37.4 Å². The predicted octanol–water partition coefficient (Wildman–Crippen LogP) is 3.37. The highest BCUT2D eigenvalue weighted by Gasteiger charge is 2.21. The third-order valence-electron chi connectivity index (χ3n) is 4.74. The molecule has 0 fully saturated rings. The molecule has 0 spiro atoms. The van der Waals surface area contributed by atoms with Crippen LogP contribution < -0.4 is 10.3 Å². The zero-order valence-corrected chi connectivity index (χ0v) is 15.8. The Hall–Kier alpha value is -2.18. The molecule has 0 saturated carbocycles. The lowest BCUT2D eigenvalue weighted by molar-refractivity contribution is 0.256. The van der Waals surface area contributed by atoms with E-state index < -0.39 is 0 Å². The van der Waals surface area contributed by atoms with Crippen molar-refractivity contribution in [2.24, 2.45) is 0 Å². The predicted molar refractivity (Wildman–Crippen MR) is 105 cm³/mol. The van der Waals surface area contributed by atoms with Crippen LogP contribution in [-0.4, -0.2) is 35.1 Å². The number of benzene rings is 1. The van der Waals surface area contributed by atoms with Gasteiger partial charge in [-0.05, 0) is 50.4 Å². The molecule has 2 aromatic heterocycles. The number of thiophene rings is 1. The van der Waals surface area contributed by atoms with Gasteiger partial charge in [0.05, 0.1) is 18.5 Å². The van der Waals surface area contributed by atoms with Crippen molar-refractivity contribution in [3.05, 3.63) is 57.0 Å². The van der Waals surface area contributed by atoms with Crippen LogP contribution in [0.3, 0.4) is 0 Å². The number of hydrogen-bond acceptors (Lipinski definition) is 5. The second-order valence-corrected chi connectivity index (χ2v) is 7.89. The fraction of sp³-hybridized carbons (Fsp3) is 0.400. The normalized spacial score (nSPS) is 13.5. The molecule has 1 N–H and O–H groups in total. The topological polar surface area (TPSA) is 58.2 Å². The maximum atomic E-state index is 12.5. The van der Waals surface area contributed by atoms with E-state index in [9.17, 15) is 4.79 Å². The number of ether oxygens (including phenoxy) is 1. The Balaban J connectivity index is 1.34.